The van der Waals surface area contributed by atoms with Crippen LogP contribution in [0, 0.1) is 5.80 Å². The lowest BCUT2D eigenvalue weighted by molar-refractivity contribution is 1.15. The smallest absolute Gasteiger partial charge is 0.00534 e. The fourth-order valence-corrected chi connectivity index (χ4v) is 1.34. The van der Waals surface area contributed by atoms with E-state index in [-0.39, 0.29) is 0 Å². The van der Waals surface area contributed by atoms with Crippen LogP contribution in [0.2, 0.25) is 0 Å². The third kappa shape index (κ3) is 1.07. The molecule has 0 amide bonds. The minimum absolute atomic E-state index is 0.828. The second-order valence-electron chi connectivity index (χ2n) is 1.48. The van der Waals surface area contributed by atoms with Crippen LogP contribution in [0.15, 0.2) is 11.9 Å². The number of rotatable bonds is 1. The molecule has 1 heteroatoms. The molecule has 0 aromatic carbocycles. The second kappa shape index (κ2) is 2.18. The van der Waals surface area contributed by atoms with E-state index < -0.39 is 0 Å². The highest BCUT2D eigenvalue weighted by atomic mass is 31.0. The molecule has 0 saturated carbocycles. The molecule has 7 heavy (non-hydrogen) atoms. The maximum Gasteiger partial charge on any atom is 0.00534 e. The van der Waals surface area contributed by atoms with Gasteiger partial charge in [-0.25, -0.2) is 0 Å². The van der Waals surface area contributed by atoms with Crippen LogP contribution in [0.3, 0.4) is 0 Å². The van der Waals surface area contributed by atoms with Crippen molar-refractivity contribution in [1.82, 2.24) is 0 Å². The zero-order valence-electron chi connectivity index (χ0n) is 4.36. The zero-order chi connectivity index (χ0) is 5.11. The molecule has 0 bridgehead atoms. The lowest BCUT2D eigenvalue weighted by Gasteiger charge is -1.78. The van der Waals surface area contributed by atoms with Gasteiger partial charge in [-0.15, -0.1) is 8.19 Å². The Balaban J connectivity index is 2.76. The fourth-order valence-electron chi connectivity index (χ4n) is 0.525. The molecule has 1 aromatic rings. The van der Waals surface area contributed by atoms with Crippen molar-refractivity contribution in [3.8, 4) is 0 Å². The van der Waals surface area contributed by atoms with Crippen LogP contribution in [0.25, 0.3) is 0 Å². The van der Waals surface area contributed by atoms with Crippen LogP contribution in [-0.2, 0) is 6.42 Å². The van der Waals surface area contributed by atoms with Crippen LogP contribution < -0.4 is 0 Å². The van der Waals surface area contributed by atoms with Gasteiger partial charge in [-0.2, -0.15) is 0 Å². The first-order valence-corrected chi connectivity index (χ1v) is 3.55. The van der Waals surface area contributed by atoms with Crippen molar-refractivity contribution >= 4 is 8.19 Å². The first kappa shape index (κ1) is 4.93. The zero-order valence-corrected chi connectivity index (χ0v) is 5.36. The standard InChI is InChI=1S/C6H8P/c1-2-6-3-4-7-5-6/h3-4,7H,2H2,1H3. The van der Waals surface area contributed by atoms with E-state index in [2.05, 4.69) is 24.6 Å². The summed E-state index contributed by atoms with van der Waals surface area (Å²) < 4.78 is 0. The van der Waals surface area contributed by atoms with Crippen molar-refractivity contribution in [3.05, 3.63) is 23.2 Å². The Kier molecular flexibility index (Phi) is 1.54. The van der Waals surface area contributed by atoms with Gasteiger partial charge < -0.3 is 0 Å². The van der Waals surface area contributed by atoms with Crippen LogP contribution >= 0.6 is 8.19 Å². The predicted molar refractivity (Wildman–Crippen MR) is 34.2 cm³/mol. The largest absolute Gasteiger partial charge is 0.131 e. The van der Waals surface area contributed by atoms with E-state index in [0.717, 1.165) is 14.6 Å². The van der Waals surface area contributed by atoms with Crippen LogP contribution in [0.1, 0.15) is 12.5 Å². The van der Waals surface area contributed by atoms with E-state index in [4.69, 9.17) is 0 Å². The molecule has 1 atom stereocenters. The molecule has 0 saturated heterocycles. The molecular formula is C6H8P. The van der Waals surface area contributed by atoms with Crippen molar-refractivity contribution in [2.75, 3.05) is 0 Å². The van der Waals surface area contributed by atoms with Gasteiger partial charge in [0.1, 0.15) is 0 Å². The molecule has 37 valence electrons. The average molecular weight is 111 g/mol. The SMILES string of the molecule is CCc1[c][pH]cc1. The Morgan fingerprint density at radius 3 is 3.00 bits per heavy atom. The summed E-state index contributed by atoms with van der Waals surface area (Å²) >= 11 is 0. The van der Waals surface area contributed by atoms with Gasteiger partial charge >= 0.3 is 0 Å². The molecule has 0 aliphatic rings. The summed E-state index contributed by atoms with van der Waals surface area (Å²) in [6.07, 6.45) is 1.14. The van der Waals surface area contributed by atoms with Crippen molar-refractivity contribution in [1.29, 1.82) is 0 Å². The van der Waals surface area contributed by atoms with E-state index in [1.54, 1.807) is 0 Å². The molecule has 1 heterocycles. The third-order valence-electron chi connectivity index (χ3n) is 0.981. The van der Waals surface area contributed by atoms with Gasteiger partial charge in [0.05, 0.1) is 0 Å². The third-order valence-corrected chi connectivity index (χ3v) is 1.78. The fraction of sp³-hybridized carbons (Fsp3) is 0.333. The van der Waals surface area contributed by atoms with Crippen LogP contribution in [0.4, 0.5) is 0 Å². The summed E-state index contributed by atoms with van der Waals surface area (Å²) in [6.45, 7) is 2.16. The van der Waals surface area contributed by atoms with Crippen molar-refractivity contribution in [2.45, 2.75) is 13.3 Å². The lowest BCUT2D eigenvalue weighted by Crippen LogP contribution is -1.66. The van der Waals surface area contributed by atoms with E-state index in [0.29, 0.717) is 0 Å². The van der Waals surface area contributed by atoms with Crippen molar-refractivity contribution in [3.63, 3.8) is 0 Å². The maximum absolute atomic E-state index is 3.24. The Bertz CT molecular complexity index is 119. The number of hydrogen-bond donors (Lipinski definition) is 0. The summed E-state index contributed by atoms with van der Waals surface area (Å²) in [7, 11) is 0.828. The number of aryl methyl sites for hydroxylation is 1. The Morgan fingerprint density at radius 1 is 1.86 bits per heavy atom. The topological polar surface area (TPSA) is 0 Å². The molecule has 0 nitrogen and oxygen atoms in total. The van der Waals surface area contributed by atoms with Gasteiger partial charge in [0, 0.05) is 5.80 Å². The summed E-state index contributed by atoms with van der Waals surface area (Å²) in [4.78, 5) is 0. The highest BCUT2D eigenvalue weighted by Crippen LogP contribution is 2.08. The Hall–Kier alpha value is -0.220. The number of hydrogen-bond acceptors (Lipinski definition) is 0. The van der Waals surface area contributed by atoms with Crippen molar-refractivity contribution < 1.29 is 0 Å². The van der Waals surface area contributed by atoms with Gasteiger partial charge in [0.2, 0.25) is 0 Å². The normalized spacial score (nSPS) is 10.4. The second-order valence-corrected chi connectivity index (χ2v) is 2.35. The summed E-state index contributed by atoms with van der Waals surface area (Å²) in [5.41, 5.74) is 1.37. The minimum Gasteiger partial charge on any atom is -0.131 e. The predicted octanol–water partition coefficient (Wildman–Crippen LogP) is 2.08. The molecule has 0 N–H and O–H groups in total. The molecule has 1 rings (SSSR count). The Labute approximate surface area is 45.6 Å². The van der Waals surface area contributed by atoms with Gasteiger partial charge in [0.15, 0.2) is 0 Å². The quantitative estimate of drug-likeness (QED) is 0.520. The van der Waals surface area contributed by atoms with Crippen LogP contribution in [0.5, 0.6) is 0 Å². The van der Waals surface area contributed by atoms with Crippen LogP contribution in [-0.4, -0.2) is 0 Å². The maximum atomic E-state index is 3.24. The summed E-state index contributed by atoms with van der Waals surface area (Å²) in [5.74, 6) is 5.41. The highest BCUT2D eigenvalue weighted by molar-refractivity contribution is 7.28. The summed E-state index contributed by atoms with van der Waals surface area (Å²) in [6, 6.07) is 2.15. The lowest BCUT2D eigenvalue weighted by atomic mass is 10.3. The van der Waals surface area contributed by atoms with Gasteiger partial charge in [-0.3, -0.25) is 0 Å². The molecule has 0 spiro atoms. The summed E-state index contributed by atoms with van der Waals surface area (Å²) in [5, 5.41) is 0. The molecule has 1 aromatic heterocycles. The molecule has 1 radical (unpaired) electrons. The van der Waals surface area contributed by atoms with E-state index >= 15 is 0 Å². The van der Waals surface area contributed by atoms with Gasteiger partial charge in [0.25, 0.3) is 0 Å². The van der Waals surface area contributed by atoms with E-state index in [1.807, 2.05) is 0 Å². The van der Waals surface area contributed by atoms with Crippen molar-refractivity contribution in [2.24, 2.45) is 0 Å². The highest BCUT2D eigenvalue weighted by Gasteiger charge is 1.82. The Morgan fingerprint density at radius 2 is 2.71 bits per heavy atom. The molecule has 0 fully saturated rings. The molecule has 1 unspecified atom stereocenters. The van der Waals surface area contributed by atoms with Gasteiger partial charge in [-0.05, 0) is 17.8 Å². The first-order chi connectivity index (χ1) is 3.43. The van der Waals surface area contributed by atoms with E-state index in [1.165, 1.54) is 5.56 Å². The van der Waals surface area contributed by atoms with E-state index in [9.17, 15) is 0 Å². The average Bonchev–Trinajstić information content (AvgIpc) is 2.14. The minimum atomic E-state index is 0.828. The first-order valence-electron chi connectivity index (χ1n) is 2.47. The monoisotopic (exact) mass is 111 g/mol. The molecule has 0 aliphatic carbocycles. The molecule has 0 aliphatic heterocycles. The van der Waals surface area contributed by atoms with Gasteiger partial charge in [-0.1, -0.05) is 13.0 Å². The molecular weight excluding hydrogens is 103 g/mol.